The highest BCUT2D eigenvalue weighted by Gasteiger charge is 2.52. The Hall–Kier alpha value is -4.46. The van der Waals surface area contributed by atoms with Crippen molar-refractivity contribution in [2.24, 2.45) is 7.05 Å². The smallest absolute Gasteiger partial charge is 0.413 e. The molecule has 0 saturated heterocycles. The number of anilines is 1. The normalized spacial score (nSPS) is 14.4. The lowest BCUT2D eigenvalue weighted by Crippen LogP contribution is -2.23. The summed E-state index contributed by atoms with van der Waals surface area (Å²) in [5, 5.41) is 11.1. The fourth-order valence-corrected chi connectivity index (χ4v) is 4.59. The number of esters is 1. The van der Waals surface area contributed by atoms with E-state index in [4.69, 9.17) is 9.47 Å². The quantitative estimate of drug-likeness (QED) is 0.290. The fourth-order valence-electron chi connectivity index (χ4n) is 4.59. The van der Waals surface area contributed by atoms with Crippen LogP contribution in [0, 0.1) is 0 Å². The first-order valence-electron chi connectivity index (χ1n) is 12.7. The van der Waals surface area contributed by atoms with E-state index in [1.165, 1.54) is 4.68 Å². The van der Waals surface area contributed by atoms with E-state index in [-0.39, 0.29) is 5.97 Å². The molecule has 8 heteroatoms. The number of rotatable bonds is 8. The Morgan fingerprint density at radius 2 is 1.68 bits per heavy atom. The van der Waals surface area contributed by atoms with Crippen molar-refractivity contribution in [1.82, 2.24) is 15.0 Å². The maximum absolute atomic E-state index is 12.6. The summed E-state index contributed by atoms with van der Waals surface area (Å²) in [6.07, 6.45) is 0.624. The van der Waals surface area contributed by atoms with E-state index in [1.54, 1.807) is 7.05 Å². The number of amides is 1. The minimum absolute atomic E-state index is 0.146. The molecule has 194 valence electrons. The number of carbonyl (C=O) groups excluding carboxylic acids is 2. The molecule has 1 fully saturated rings. The summed E-state index contributed by atoms with van der Waals surface area (Å²) in [5.41, 5.74) is 4.73. The zero-order valence-corrected chi connectivity index (χ0v) is 21.7. The molecule has 1 amide bonds. The van der Waals surface area contributed by atoms with Gasteiger partial charge in [0.05, 0.1) is 12.0 Å². The Morgan fingerprint density at radius 1 is 0.974 bits per heavy atom. The van der Waals surface area contributed by atoms with Crippen molar-refractivity contribution < 1.29 is 19.1 Å². The second-order valence-corrected chi connectivity index (χ2v) is 9.45. The molecule has 1 atom stereocenters. The molecule has 1 heterocycles. The van der Waals surface area contributed by atoms with Crippen LogP contribution >= 0.6 is 0 Å². The minimum atomic E-state index is -0.586. The van der Waals surface area contributed by atoms with Gasteiger partial charge in [0.15, 0.2) is 5.82 Å². The van der Waals surface area contributed by atoms with Gasteiger partial charge in [0.2, 0.25) is 0 Å². The van der Waals surface area contributed by atoms with Crippen LogP contribution in [0.1, 0.15) is 43.9 Å². The standard InChI is InChI=1S/C30H30N4O4/c1-4-37-28(35)30(17-18-30)25-12-8-11-24(19-25)22-13-15-23(16-14-22)26-27(34(3)33-32-26)31-29(36)38-20(2)21-9-6-5-7-10-21/h5-16,19-20H,4,17-18H2,1-3H3,(H,31,36)/t20-/m1/s1. The van der Waals surface area contributed by atoms with Crippen LogP contribution in [0.4, 0.5) is 10.6 Å². The van der Waals surface area contributed by atoms with E-state index >= 15 is 0 Å². The molecule has 0 aliphatic heterocycles. The fraction of sp³-hybridized carbons (Fsp3) is 0.267. The van der Waals surface area contributed by atoms with Gasteiger partial charge in [-0.1, -0.05) is 84.1 Å². The predicted octanol–water partition coefficient (Wildman–Crippen LogP) is 6.05. The molecule has 0 spiro atoms. The van der Waals surface area contributed by atoms with Crippen LogP contribution in [-0.4, -0.2) is 33.7 Å². The number of hydrogen-bond donors (Lipinski definition) is 1. The second-order valence-electron chi connectivity index (χ2n) is 9.45. The highest BCUT2D eigenvalue weighted by molar-refractivity contribution is 5.89. The summed E-state index contributed by atoms with van der Waals surface area (Å²) in [5.74, 6) is 0.294. The van der Waals surface area contributed by atoms with E-state index in [2.05, 4.69) is 21.7 Å². The molecule has 0 unspecified atom stereocenters. The SMILES string of the molecule is CCOC(=O)C1(c2cccc(-c3ccc(-c4nnn(C)c4NC(=O)O[C@H](C)c4ccccc4)cc3)c2)CC1. The summed E-state index contributed by atoms with van der Waals surface area (Å²) < 4.78 is 12.4. The number of ether oxygens (including phenoxy) is 2. The molecule has 3 aromatic carbocycles. The van der Waals surface area contributed by atoms with Crippen molar-refractivity contribution in [3.8, 4) is 22.4 Å². The van der Waals surface area contributed by atoms with Crippen molar-refractivity contribution in [2.75, 3.05) is 11.9 Å². The number of aromatic nitrogens is 3. The molecule has 1 saturated carbocycles. The number of carbonyl (C=O) groups is 2. The van der Waals surface area contributed by atoms with Gasteiger partial charge in [0.1, 0.15) is 11.8 Å². The molecule has 1 N–H and O–H groups in total. The Labute approximate surface area is 221 Å². The number of aryl methyl sites for hydroxylation is 1. The number of benzene rings is 3. The Kier molecular flexibility index (Phi) is 6.96. The third-order valence-corrected chi connectivity index (χ3v) is 6.92. The third kappa shape index (κ3) is 5.02. The maximum Gasteiger partial charge on any atom is 0.413 e. The molecule has 0 bridgehead atoms. The summed E-state index contributed by atoms with van der Waals surface area (Å²) in [6.45, 7) is 4.03. The zero-order chi connectivity index (χ0) is 26.7. The molecule has 38 heavy (non-hydrogen) atoms. The Bertz CT molecular complexity index is 1440. The van der Waals surface area contributed by atoms with Gasteiger partial charge in [0, 0.05) is 12.6 Å². The largest absolute Gasteiger partial charge is 0.465 e. The van der Waals surface area contributed by atoms with Crippen LogP contribution < -0.4 is 5.32 Å². The van der Waals surface area contributed by atoms with Crippen molar-refractivity contribution in [3.05, 3.63) is 90.0 Å². The third-order valence-electron chi connectivity index (χ3n) is 6.92. The van der Waals surface area contributed by atoms with Gasteiger partial charge < -0.3 is 9.47 Å². The highest BCUT2D eigenvalue weighted by atomic mass is 16.6. The average molecular weight is 511 g/mol. The number of hydrogen-bond acceptors (Lipinski definition) is 6. The Morgan fingerprint density at radius 3 is 2.37 bits per heavy atom. The lowest BCUT2D eigenvalue weighted by molar-refractivity contribution is -0.146. The van der Waals surface area contributed by atoms with Gasteiger partial charge in [-0.25, -0.2) is 9.48 Å². The molecule has 1 aliphatic carbocycles. The zero-order valence-electron chi connectivity index (χ0n) is 21.7. The first-order chi connectivity index (χ1) is 18.4. The van der Waals surface area contributed by atoms with Crippen molar-refractivity contribution in [3.63, 3.8) is 0 Å². The van der Waals surface area contributed by atoms with Crippen LogP contribution in [0.25, 0.3) is 22.4 Å². The summed E-state index contributed by atoms with van der Waals surface area (Å²) >= 11 is 0. The lowest BCUT2D eigenvalue weighted by atomic mass is 9.92. The van der Waals surface area contributed by atoms with Gasteiger partial charge in [-0.2, -0.15) is 0 Å². The number of nitrogens with zero attached hydrogens (tertiary/aromatic N) is 3. The van der Waals surface area contributed by atoms with E-state index in [0.29, 0.717) is 18.1 Å². The molecule has 0 radical (unpaired) electrons. The molecule has 8 nitrogen and oxygen atoms in total. The van der Waals surface area contributed by atoms with Crippen LogP contribution in [0.3, 0.4) is 0 Å². The number of nitrogens with one attached hydrogen (secondary N) is 1. The molecule has 4 aromatic rings. The molecular formula is C30H30N4O4. The predicted molar refractivity (Wildman–Crippen MR) is 144 cm³/mol. The van der Waals surface area contributed by atoms with Crippen molar-refractivity contribution in [1.29, 1.82) is 0 Å². The first kappa shape index (κ1) is 25.2. The summed E-state index contributed by atoms with van der Waals surface area (Å²) in [6, 6.07) is 25.5. The summed E-state index contributed by atoms with van der Waals surface area (Å²) in [4.78, 5) is 25.2. The van der Waals surface area contributed by atoms with Gasteiger partial charge in [-0.3, -0.25) is 10.1 Å². The molecule has 1 aliphatic rings. The topological polar surface area (TPSA) is 95.3 Å². The van der Waals surface area contributed by atoms with E-state index in [1.807, 2.05) is 86.6 Å². The van der Waals surface area contributed by atoms with Crippen LogP contribution in [0.2, 0.25) is 0 Å². The van der Waals surface area contributed by atoms with Crippen molar-refractivity contribution >= 4 is 17.9 Å². The van der Waals surface area contributed by atoms with Gasteiger partial charge in [-0.15, -0.1) is 5.10 Å². The second kappa shape index (κ2) is 10.5. The van der Waals surface area contributed by atoms with E-state index < -0.39 is 17.6 Å². The van der Waals surface area contributed by atoms with Crippen molar-refractivity contribution in [2.45, 2.75) is 38.2 Å². The first-order valence-corrected chi connectivity index (χ1v) is 12.7. The van der Waals surface area contributed by atoms with Gasteiger partial charge in [-0.05, 0) is 48.9 Å². The monoisotopic (exact) mass is 510 g/mol. The molecular weight excluding hydrogens is 480 g/mol. The van der Waals surface area contributed by atoms with Crippen LogP contribution in [-0.2, 0) is 26.7 Å². The molecule has 5 rings (SSSR count). The van der Waals surface area contributed by atoms with Crippen LogP contribution in [0.5, 0.6) is 0 Å². The maximum atomic E-state index is 12.6. The van der Waals surface area contributed by atoms with Crippen LogP contribution in [0.15, 0.2) is 78.9 Å². The minimum Gasteiger partial charge on any atom is -0.465 e. The van der Waals surface area contributed by atoms with E-state index in [9.17, 15) is 9.59 Å². The van der Waals surface area contributed by atoms with E-state index in [0.717, 1.165) is 40.7 Å². The summed E-state index contributed by atoms with van der Waals surface area (Å²) in [7, 11) is 1.71. The highest BCUT2D eigenvalue weighted by Crippen LogP contribution is 2.49. The van der Waals surface area contributed by atoms with Gasteiger partial charge in [0.25, 0.3) is 0 Å². The molecule has 1 aromatic heterocycles. The van der Waals surface area contributed by atoms with Gasteiger partial charge >= 0.3 is 12.1 Å². The lowest BCUT2D eigenvalue weighted by Gasteiger charge is -2.15. The Balaban J connectivity index is 1.32. The average Bonchev–Trinajstić information content (AvgIpc) is 3.68.